The van der Waals surface area contributed by atoms with Crippen LogP contribution in [0.2, 0.25) is 0 Å². The molecule has 0 aliphatic heterocycles. The number of amides is 3. The van der Waals surface area contributed by atoms with E-state index in [1.807, 2.05) is 53.7 Å². The number of nitrogens with zero attached hydrogens (tertiary/aromatic N) is 3. The van der Waals surface area contributed by atoms with Crippen LogP contribution >= 0.6 is 0 Å². The van der Waals surface area contributed by atoms with E-state index in [0.29, 0.717) is 5.56 Å². The monoisotopic (exact) mass is 825 g/mol. The van der Waals surface area contributed by atoms with Gasteiger partial charge in [-0.2, -0.15) is 0 Å². The summed E-state index contributed by atoms with van der Waals surface area (Å²) in [5.74, 6) is -5.27. The van der Waals surface area contributed by atoms with Crippen LogP contribution < -0.4 is 0 Å². The third kappa shape index (κ3) is 17.3. The first kappa shape index (κ1) is 51.7. The lowest BCUT2D eigenvalue weighted by molar-refractivity contribution is -0.172. The van der Waals surface area contributed by atoms with E-state index in [9.17, 15) is 38.3 Å². The van der Waals surface area contributed by atoms with Crippen molar-refractivity contribution in [2.24, 2.45) is 5.41 Å². The number of halogens is 2. The van der Waals surface area contributed by atoms with Crippen molar-refractivity contribution < 1.29 is 56.9 Å². The molecule has 0 saturated heterocycles. The summed E-state index contributed by atoms with van der Waals surface area (Å²) in [5.41, 5.74) is -4.03. The zero-order valence-corrected chi connectivity index (χ0v) is 37.7. The Hall–Kier alpha value is -4.30. The van der Waals surface area contributed by atoms with Crippen molar-refractivity contribution in [1.82, 2.24) is 14.7 Å². The smallest absolute Gasteiger partial charge is 0.410 e. The van der Waals surface area contributed by atoms with Gasteiger partial charge in [-0.1, -0.05) is 65.8 Å². The number of carbonyl (C=O) groups is 6. The van der Waals surface area contributed by atoms with E-state index < -0.39 is 101 Å². The second kappa shape index (κ2) is 19.6. The van der Waals surface area contributed by atoms with Gasteiger partial charge in [-0.3, -0.25) is 14.5 Å². The molecule has 58 heavy (non-hydrogen) atoms. The molecule has 3 amide bonds. The van der Waals surface area contributed by atoms with Crippen LogP contribution in [0.3, 0.4) is 0 Å². The summed E-state index contributed by atoms with van der Waals surface area (Å²) in [6.45, 7) is 22.5. The van der Waals surface area contributed by atoms with E-state index in [0.717, 1.165) is 20.3 Å². The standard InChI is InChI=1S/C43H69F2N3O10/c1-26(33(49)46(15)29(35(51)52)24-42(11,12)44)56-36(53)30(23-39(2,3)4)47(16)34(50)32(22-27-18-20-28(21-19-27)40(5,6)7)57-37(54)31(25-43(13,14)45)48(17)38(55)58-41(8,9)10/h18-21,26,29-32H,22-25H2,1-17H3,(H,51,52)/t26-,29+,30+,31+,32-/m1/s1. The quantitative estimate of drug-likeness (QED) is 0.127. The maximum absolute atomic E-state index is 15.2. The van der Waals surface area contributed by atoms with Crippen molar-refractivity contribution in [3.8, 4) is 0 Å². The van der Waals surface area contributed by atoms with Gasteiger partial charge >= 0.3 is 24.0 Å². The SMILES string of the molecule is C[C@@H](OC(=O)[C@H](CC(C)(C)C)N(C)C(=O)[C@@H](Cc1ccc(C(C)(C)C)cc1)OC(=O)[C@H](CC(C)(C)F)N(C)C(=O)OC(C)(C)C)C(=O)N(C)[C@@H](CC(C)(C)F)C(=O)O. The number of carboxylic acid groups (broad SMARTS) is 1. The van der Waals surface area contributed by atoms with Crippen LogP contribution in [0, 0.1) is 5.41 Å². The molecule has 1 N–H and O–H groups in total. The highest BCUT2D eigenvalue weighted by Crippen LogP contribution is 2.28. The average Bonchev–Trinajstić information content (AvgIpc) is 3.04. The number of likely N-dealkylation sites (N-methyl/N-ethyl adjacent to an activating group) is 3. The summed E-state index contributed by atoms with van der Waals surface area (Å²) in [5, 5.41) is 9.74. The maximum Gasteiger partial charge on any atom is 0.410 e. The number of hydrogen-bond acceptors (Lipinski definition) is 9. The fraction of sp³-hybridized carbons (Fsp3) is 0.721. The van der Waals surface area contributed by atoms with Gasteiger partial charge in [0.15, 0.2) is 12.2 Å². The van der Waals surface area contributed by atoms with E-state index in [2.05, 4.69) is 0 Å². The number of ether oxygens (including phenoxy) is 3. The molecule has 15 heteroatoms. The van der Waals surface area contributed by atoms with E-state index in [1.165, 1.54) is 55.8 Å². The van der Waals surface area contributed by atoms with Crippen LogP contribution in [-0.2, 0) is 50.0 Å². The molecule has 13 nitrogen and oxygen atoms in total. The molecule has 0 aromatic heterocycles. The summed E-state index contributed by atoms with van der Waals surface area (Å²) in [6.07, 6.45) is -5.21. The van der Waals surface area contributed by atoms with Gasteiger partial charge in [-0.15, -0.1) is 0 Å². The van der Waals surface area contributed by atoms with E-state index >= 15 is 4.39 Å². The van der Waals surface area contributed by atoms with Gasteiger partial charge < -0.3 is 29.1 Å². The molecule has 0 heterocycles. The summed E-state index contributed by atoms with van der Waals surface area (Å²) in [6, 6.07) is 2.90. The molecule has 1 aromatic carbocycles. The van der Waals surface area contributed by atoms with Crippen molar-refractivity contribution in [3.05, 3.63) is 35.4 Å². The summed E-state index contributed by atoms with van der Waals surface area (Å²) < 4.78 is 46.6. The Labute approximate surface area is 344 Å². The number of alkyl halides is 2. The van der Waals surface area contributed by atoms with E-state index in [-0.39, 0.29) is 18.3 Å². The fourth-order valence-electron chi connectivity index (χ4n) is 5.98. The number of aliphatic carboxylic acids is 1. The second-order valence-electron chi connectivity index (χ2n) is 19.6. The Balaban J connectivity index is 3.69. The number of carboxylic acids is 1. The molecule has 0 fully saturated rings. The highest BCUT2D eigenvalue weighted by molar-refractivity contribution is 5.92. The van der Waals surface area contributed by atoms with Crippen molar-refractivity contribution in [1.29, 1.82) is 0 Å². The van der Waals surface area contributed by atoms with Crippen molar-refractivity contribution in [2.45, 2.75) is 175 Å². The van der Waals surface area contributed by atoms with Gasteiger partial charge in [0.25, 0.3) is 11.8 Å². The number of esters is 2. The van der Waals surface area contributed by atoms with Crippen LogP contribution in [0.1, 0.15) is 127 Å². The van der Waals surface area contributed by atoms with E-state index in [4.69, 9.17) is 14.2 Å². The minimum absolute atomic E-state index is 0.0135. The molecule has 1 rings (SSSR count). The lowest BCUT2D eigenvalue weighted by atomic mass is 9.86. The average molecular weight is 826 g/mol. The highest BCUT2D eigenvalue weighted by Gasteiger charge is 2.42. The highest BCUT2D eigenvalue weighted by atomic mass is 19.1. The number of rotatable bonds is 17. The Morgan fingerprint density at radius 3 is 1.48 bits per heavy atom. The van der Waals surface area contributed by atoms with Crippen LogP contribution in [0.25, 0.3) is 0 Å². The van der Waals surface area contributed by atoms with Crippen molar-refractivity contribution >= 4 is 35.8 Å². The van der Waals surface area contributed by atoms with Gasteiger partial charge in [-0.25, -0.2) is 28.0 Å². The fourth-order valence-corrected chi connectivity index (χ4v) is 5.98. The summed E-state index contributed by atoms with van der Waals surface area (Å²) in [4.78, 5) is 83.8. The van der Waals surface area contributed by atoms with Crippen LogP contribution in [0.15, 0.2) is 24.3 Å². The summed E-state index contributed by atoms with van der Waals surface area (Å²) in [7, 11) is 3.76. The van der Waals surface area contributed by atoms with Crippen LogP contribution in [0.4, 0.5) is 13.6 Å². The zero-order valence-electron chi connectivity index (χ0n) is 37.7. The van der Waals surface area contributed by atoms with Crippen molar-refractivity contribution in [2.75, 3.05) is 21.1 Å². The van der Waals surface area contributed by atoms with Gasteiger partial charge in [0.1, 0.15) is 35.1 Å². The molecule has 1 aromatic rings. The van der Waals surface area contributed by atoms with Gasteiger partial charge in [-0.05, 0) is 83.8 Å². The van der Waals surface area contributed by atoms with E-state index in [1.54, 1.807) is 32.9 Å². The van der Waals surface area contributed by atoms with Crippen LogP contribution in [0.5, 0.6) is 0 Å². The van der Waals surface area contributed by atoms with Gasteiger partial charge in [0.05, 0.1) is 0 Å². The maximum atomic E-state index is 15.2. The van der Waals surface area contributed by atoms with Crippen molar-refractivity contribution in [3.63, 3.8) is 0 Å². The van der Waals surface area contributed by atoms with Gasteiger partial charge in [0, 0.05) is 40.4 Å². The molecule has 0 aliphatic rings. The van der Waals surface area contributed by atoms with Crippen LogP contribution in [-0.4, -0.2) is 124 Å². The third-order valence-electron chi connectivity index (χ3n) is 9.19. The lowest BCUT2D eigenvalue weighted by Gasteiger charge is -2.36. The predicted octanol–water partition coefficient (Wildman–Crippen LogP) is 7.06. The first-order valence-electron chi connectivity index (χ1n) is 19.5. The molecular weight excluding hydrogens is 756 g/mol. The lowest BCUT2D eigenvalue weighted by Crippen LogP contribution is -2.54. The number of benzene rings is 1. The molecule has 0 saturated carbocycles. The predicted molar refractivity (Wildman–Crippen MR) is 216 cm³/mol. The normalized spacial score (nSPS) is 15.2. The zero-order chi connectivity index (χ0) is 45.5. The summed E-state index contributed by atoms with van der Waals surface area (Å²) >= 11 is 0. The molecule has 0 spiro atoms. The number of hydrogen-bond donors (Lipinski definition) is 1. The Morgan fingerprint density at radius 2 is 1.07 bits per heavy atom. The first-order valence-corrected chi connectivity index (χ1v) is 19.5. The number of carbonyl (C=O) groups excluding carboxylic acids is 5. The minimum Gasteiger partial charge on any atom is -0.480 e. The second-order valence-corrected chi connectivity index (χ2v) is 19.6. The first-order chi connectivity index (χ1) is 25.9. The Morgan fingerprint density at radius 1 is 0.638 bits per heavy atom. The molecule has 0 radical (unpaired) electrons. The molecule has 0 unspecified atom stereocenters. The molecule has 0 aliphatic carbocycles. The molecule has 330 valence electrons. The largest absolute Gasteiger partial charge is 0.480 e. The molecular formula is C43H69F2N3O10. The molecule has 0 bridgehead atoms. The Kier molecular flexibility index (Phi) is 17.5. The topological polar surface area (TPSA) is 160 Å². The van der Waals surface area contributed by atoms with Gasteiger partial charge in [0.2, 0.25) is 0 Å². The third-order valence-corrected chi connectivity index (χ3v) is 9.19. The minimum atomic E-state index is -1.96. The Bertz CT molecular complexity index is 1600. The molecule has 5 atom stereocenters.